The maximum Gasteiger partial charge on any atom is 0.254 e. The Morgan fingerprint density at radius 3 is 2.75 bits per heavy atom. The van der Waals surface area contributed by atoms with E-state index in [4.69, 9.17) is 4.74 Å². The summed E-state index contributed by atoms with van der Waals surface area (Å²) in [6.07, 6.45) is 3.40. The van der Waals surface area contributed by atoms with Gasteiger partial charge >= 0.3 is 0 Å². The maximum atomic E-state index is 12.9. The van der Waals surface area contributed by atoms with Gasteiger partial charge in [0.2, 0.25) is 5.91 Å². The Bertz CT molecular complexity index is 1000. The number of H-pyrrole nitrogens is 1. The molecule has 7 heteroatoms. The topological polar surface area (TPSA) is 78.5 Å². The zero-order chi connectivity index (χ0) is 19.5. The zero-order valence-corrected chi connectivity index (χ0v) is 15.5. The number of aromatic nitrogens is 2. The van der Waals surface area contributed by atoms with Crippen LogP contribution in [0, 0.1) is 0 Å². The molecule has 1 N–H and O–H groups in total. The number of rotatable bonds is 4. The third-order valence-electron chi connectivity index (χ3n) is 4.75. The zero-order valence-electron chi connectivity index (χ0n) is 15.5. The molecule has 4 rings (SSSR count). The summed E-state index contributed by atoms with van der Waals surface area (Å²) in [5.41, 5.74) is 2.14. The summed E-state index contributed by atoms with van der Waals surface area (Å²) >= 11 is 0. The van der Waals surface area contributed by atoms with E-state index in [0.29, 0.717) is 30.2 Å². The summed E-state index contributed by atoms with van der Waals surface area (Å²) in [5.74, 6) is 1.12. The van der Waals surface area contributed by atoms with Crippen molar-refractivity contribution in [1.82, 2.24) is 14.9 Å². The van der Waals surface area contributed by atoms with E-state index in [2.05, 4.69) is 9.97 Å². The summed E-state index contributed by atoms with van der Waals surface area (Å²) in [7, 11) is 1.59. The first-order chi connectivity index (χ1) is 13.7. The van der Waals surface area contributed by atoms with E-state index in [1.807, 2.05) is 36.4 Å². The SMILES string of the molecule is COc1cccc(N2CCN(C(=O)c3cccc(-c4ncc[nH]4)c3)CC2=O)c1. The van der Waals surface area contributed by atoms with E-state index in [-0.39, 0.29) is 18.4 Å². The number of aromatic amines is 1. The summed E-state index contributed by atoms with van der Waals surface area (Å²) in [6.45, 7) is 0.948. The number of benzene rings is 2. The fraction of sp³-hybridized carbons (Fsp3) is 0.190. The van der Waals surface area contributed by atoms with Gasteiger partial charge in [-0.2, -0.15) is 0 Å². The normalized spacial score (nSPS) is 14.2. The van der Waals surface area contributed by atoms with Crippen molar-refractivity contribution in [1.29, 1.82) is 0 Å². The number of carbonyl (C=O) groups excluding carboxylic acids is 2. The summed E-state index contributed by atoms with van der Waals surface area (Å²) in [5, 5.41) is 0. The molecule has 0 radical (unpaired) electrons. The Balaban J connectivity index is 1.49. The van der Waals surface area contributed by atoms with Gasteiger partial charge in [-0.05, 0) is 24.3 Å². The first-order valence-corrected chi connectivity index (χ1v) is 8.99. The number of methoxy groups -OCH3 is 1. The molecule has 0 unspecified atom stereocenters. The largest absolute Gasteiger partial charge is 0.497 e. The van der Waals surface area contributed by atoms with Crippen molar-refractivity contribution < 1.29 is 14.3 Å². The van der Waals surface area contributed by atoms with Crippen molar-refractivity contribution in [3.8, 4) is 17.1 Å². The number of nitrogens with zero attached hydrogens (tertiary/aromatic N) is 3. The number of anilines is 1. The highest BCUT2D eigenvalue weighted by molar-refractivity contribution is 6.02. The van der Waals surface area contributed by atoms with E-state index in [1.165, 1.54) is 0 Å². The number of amides is 2. The molecule has 2 amide bonds. The van der Waals surface area contributed by atoms with Gasteiger partial charge in [0.05, 0.1) is 7.11 Å². The minimum atomic E-state index is -0.160. The second-order valence-electron chi connectivity index (χ2n) is 6.49. The quantitative estimate of drug-likeness (QED) is 0.759. The molecule has 0 saturated carbocycles. The van der Waals surface area contributed by atoms with Crippen molar-refractivity contribution in [3.63, 3.8) is 0 Å². The van der Waals surface area contributed by atoms with E-state index in [0.717, 1.165) is 11.3 Å². The molecule has 1 aromatic heterocycles. The molecule has 142 valence electrons. The number of ether oxygens (including phenoxy) is 1. The molecule has 7 nitrogen and oxygen atoms in total. The average molecular weight is 376 g/mol. The molecule has 1 saturated heterocycles. The number of hydrogen-bond acceptors (Lipinski definition) is 4. The van der Waals surface area contributed by atoms with Gasteiger partial charge in [-0.15, -0.1) is 0 Å². The Labute approximate surface area is 162 Å². The highest BCUT2D eigenvalue weighted by Crippen LogP contribution is 2.23. The first-order valence-electron chi connectivity index (χ1n) is 8.99. The van der Waals surface area contributed by atoms with Crippen molar-refractivity contribution in [3.05, 3.63) is 66.5 Å². The van der Waals surface area contributed by atoms with Crippen LogP contribution in [0.1, 0.15) is 10.4 Å². The van der Waals surface area contributed by atoms with E-state index in [1.54, 1.807) is 41.4 Å². The molecule has 2 heterocycles. The molecule has 0 atom stereocenters. The second kappa shape index (κ2) is 7.56. The van der Waals surface area contributed by atoms with Crippen molar-refractivity contribution >= 4 is 17.5 Å². The van der Waals surface area contributed by atoms with Crippen LogP contribution in [-0.4, -0.2) is 53.4 Å². The van der Waals surface area contributed by atoms with Gasteiger partial charge in [0.1, 0.15) is 18.1 Å². The molecule has 3 aromatic rings. The van der Waals surface area contributed by atoms with Crippen LogP contribution in [0.2, 0.25) is 0 Å². The molecule has 0 aliphatic carbocycles. The second-order valence-corrected chi connectivity index (χ2v) is 6.49. The van der Waals surface area contributed by atoms with Crippen molar-refractivity contribution in [2.75, 3.05) is 31.6 Å². The Kier molecular flexibility index (Phi) is 4.80. The molecular formula is C21H20N4O3. The van der Waals surface area contributed by atoms with Crippen LogP contribution < -0.4 is 9.64 Å². The smallest absolute Gasteiger partial charge is 0.254 e. The standard InChI is InChI=1S/C21H20N4O3/c1-28-18-7-3-6-17(13-18)25-11-10-24(14-19(25)26)21(27)16-5-2-4-15(12-16)20-22-8-9-23-20/h2-9,12-13H,10-11,14H2,1H3,(H,22,23). The predicted molar refractivity (Wildman–Crippen MR) is 105 cm³/mol. The number of imidazole rings is 1. The van der Waals surface area contributed by atoms with Crippen LogP contribution in [0.25, 0.3) is 11.4 Å². The lowest BCUT2D eigenvalue weighted by Crippen LogP contribution is -2.52. The number of hydrogen-bond donors (Lipinski definition) is 1. The first kappa shape index (κ1) is 17.8. The Hall–Kier alpha value is -3.61. The van der Waals surface area contributed by atoms with Crippen LogP contribution in [0.5, 0.6) is 5.75 Å². The minimum Gasteiger partial charge on any atom is -0.497 e. The molecule has 0 bridgehead atoms. The lowest BCUT2D eigenvalue weighted by molar-refractivity contribution is -0.120. The predicted octanol–water partition coefficient (Wildman–Crippen LogP) is 2.57. The van der Waals surface area contributed by atoms with Crippen molar-refractivity contribution in [2.24, 2.45) is 0 Å². The van der Waals surface area contributed by atoms with Crippen LogP contribution >= 0.6 is 0 Å². The van der Waals surface area contributed by atoms with Crippen LogP contribution in [-0.2, 0) is 4.79 Å². The highest BCUT2D eigenvalue weighted by atomic mass is 16.5. The van der Waals surface area contributed by atoms with E-state index >= 15 is 0 Å². The number of piperazine rings is 1. The van der Waals surface area contributed by atoms with Gasteiger partial charge in [-0.3, -0.25) is 9.59 Å². The third-order valence-corrected chi connectivity index (χ3v) is 4.75. The van der Waals surface area contributed by atoms with Gasteiger partial charge in [0.15, 0.2) is 0 Å². The van der Waals surface area contributed by atoms with Crippen molar-refractivity contribution in [2.45, 2.75) is 0 Å². The summed E-state index contributed by atoms with van der Waals surface area (Å²) in [4.78, 5) is 36.1. The molecule has 28 heavy (non-hydrogen) atoms. The summed E-state index contributed by atoms with van der Waals surface area (Å²) in [6, 6.07) is 14.6. The molecule has 1 fully saturated rings. The van der Waals surface area contributed by atoms with Gasteiger partial charge < -0.3 is 19.5 Å². The van der Waals surface area contributed by atoms with Gasteiger partial charge in [0, 0.05) is 48.4 Å². The molecule has 2 aromatic carbocycles. The molecule has 1 aliphatic heterocycles. The Morgan fingerprint density at radius 2 is 2.00 bits per heavy atom. The Morgan fingerprint density at radius 1 is 1.14 bits per heavy atom. The van der Waals surface area contributed by atoms with Crippen LogP contribution in [0.4, 0.5) is 5.69 Å². The third kappa shape index (κ3) is 3.46. The number of carbonyl (C=O) groups is 2. The fourth-order valence-corrected chi connectivity index (χ4v) is 3.30. The minimum absolute atomic E-state index is 0.0427. The lowest BCUT2D eigenvalue weighted by atomic mass is 10.1. The van der Waals surface area contributed by atoms with Crippen LogP contribution in [0.3, 0.4) is 0 Å². The highest BCUT2D eigenvalue weighted by Gasteiger charge is 2.29. The molecule has 1 aliphatic rings. The maximum absolute atomic E-state index is 12.9. The molecule has 0 spiro atoms. The summed E-state index contributed by atoms with van der Waals surface area (Å²) < 4.78 is 5.23. The number of nitrogens with one attached hydrogen (secondary N) is 1. The van der Waals surface area contributed by atoms with E-state index in [9.17, 15) is 9.59 Å². The van der Waals surface area contributed by atoms with Gasteiger partial charge in [-0.1, -0.05) is 18.2 Å². The van der Waals surface area contributed by atoms with Gasteiger partial charge in [0.25, 0.3) is 5.91 Å². The van der Waals surface area contributed by atoms with Crippen LogP contribution in [0.15, 0.2) is 60.9 Å². The molecular weight excluding hydrogens is 356 g/mol. The fourth-order valence-electron chi connectivity index (χ4n) is 3.30. The monoisotopic (exact) mass is 376 g/mol. The van der Waals surface area contributed by atoms with Gasteiger partial charge in [-0.25, -0.2) is 4.98 Å². The lowest BCUT2D eigenvalue weighted by Gasteiger charge is -2.34. The van der Waals surface area contributed by atoms with E-state index < -0.39 is 0 Å². The average Bonchev–Trinajstić information content (AvgIpc) is 3.28.